The topological polar surface area (TPSA) is 48.1 Å². The third-order valence-corrected chi connectivity index (χ3v) is 2.50. The molecule has 0 saturated heterocycles. The summed E-state index contributed by atoms with van der Waals surface area (Å²) in [5.41, 5.74) is 8.92. The van der Waals surface area contributed by atoms with Gasteiger partial charge in [0, 0.05) is 24.5 Å². The zero-order chi connectivity index (χ0) is 12.3. The van der Waals surface area contributed by atoms with Crippen LogP contribution in [-0.4, -0.2) is 4.98 Å². The van der Waals surface area contributed by atoms with Crippen LogP contribution in [0.2, 0.25) is 0 Å². The largest absolute Gasteiger partial charge is 0.457 e. The SMILES string of the molecule is Cc1cc(C)cc(Oc2ccncc2CN)c1. The molecule has 3 nitrogen and oxygen atoms in total. The number of benzene rings is 1. The second-order valence-electron chi connectivity index (χ2n) is 4.11. The van der Waals surface area contributed by atoms with Gasteiger partial charge in [-0.25, -0.2) is 0 Å². The van der Waals surface area contributed by atoms with Gasteiger partial charge in [-0.15, -0.1) is 0 Å². The average molecular weight is 228 g/mol. The van der Waals surface area contributed by atoms with Crippen molar-refractivity contribution in [2.24, 2.45) is 5.73 Å². The molecule has 0 aliphatic heterocycles. The van der Waals surface area contributed by atoms with Crippen LogP contribution >= 0.6 is 0 Å². The van der Waals surface area contributed by atoms with Gasteiger partial charge in [0.25, 0.3) is 0 Å². The summed E-state index contributed by atoms with van der Waals surface area (Å²) in [6.45, 7) is 4.53. The molecule has 0 bridgehead atoms. The molecule has 1 aromatic heterocycles. The first kappa shape index (κ1) is 11.6. The molecule has 1 heterocycles. The zero-order valence-electron chi connectivity index (χ0n) is 10.1. The van der Waals surface area contributed by atoms with Crippen molar-refractivity contribution in [1.29, 1.82) is 0 Å². The van der Waals surface area contributed by atoms with Gasteiger partial charge in [0.2, 0.25) is 0 Å². The Morgan fingerprint density at radius 2 is 1.88 bits per heavy atom. The second-order valence-corrected chi connectivity index (χ2v) is 4.11. The van der Waals surface area contributed by atoms with Crippen LogP contribution in [-0.2, 0) is 6.54 Å². The lowest BCUT2D eigenvalue weighted by Crippen LogP contribution is -2.00. The Kier molecular flexibility index (Phi) is 3.40. The summed E-state index contributed by atoms with van der Waals surface area (Å²) in [6, 6.07) is 7.96. The first-order valence-electron chi connectivity index (χ1n) is 5.58. The van der Waals surface area contributed by atoms with Crippen LogP contribution in [0.15, 0.2) is 36.7 Å². The molecule has 17 heavy (non-hydrogen) atoms. The van der Waals surface area contributed by atoms with Gasteiger partial charge in [-0.3, -0.25) is 4.98 Å². The van der Waals surface area contributed by atoms with Gasteiger partial charge in [0.1, 0.15) is 11.5 Å². The number of rotatable bonds is 3. The van der Waals surface area contributed by atoms with E-state index >= 15 is 0 Å². The molecule has 0 spiro atoms. The van der Waals surface area contributed by atoms with Gasteiger partial charge in [-0.1, -0.05) is 6.07 Å². The predicted molar refractivity (Wildman–Crippen MR) is 68.1 cm³/mol. The van der Waals surface area contributed by atoms with Crippen molar-refractivity contribution in [2.45, 2.75) is 20.4 Å². The summed E-state index contributed by atoms with van der Waals surface area (Å²) in [5, 5.41) is 0. The minimum Gasteiger partial charge on any atom is -0.457 e. The van der Waals surface area contributed by atoms with Crippen molar-refractivity contribution in [2.75, 3.05) is 0 Å². The maximum absolute atomic E-state index is 5.84. The number of pyridine rings is 1. The Morgan fingerprint density at radius 1 is 1.18 bits per heavy atom. The van der Waals surface area contributed by atoms with Crippen molar-refractivity contribution in [3.05, 3.63) is 53.3 Å². The fourth-order valence-electron chi connectivity index (χ4n) is 1.79. The van der Waals surface area contributed by atoms with Crippen LogP contribution < -0.4 is 10.5 Å². The molecule has 0 amide bonds. The Morgan fingerprint density at radius 3 is 2.53 bits per heavy atom. The van der Waals surface area contributed by atoms with Gasteiger partial charge in [-0.2, -0.15) is 0 Å². The lowest BCUT2D eigenvalue weighted by atomic mass is 10.1. The fourth-order valence-corrected chi connectivity index (χ4v) is 1.79. The molecule has 2 aromatic rings. The molecule has 0 saturated carbocycles. The van der Waals surface area contributed by atoms with Crippen LogP contribution in [0, 0.1) is 13.8 Å². The highest BCUT2D eigenvalue weighted by molar-refractivity contribution is 5.39. The summed E-state index contributed by atoms with van der Waals surface area (Å²) in [7, 11) is 0. The highest BCUT2D eigenvalue weighted by Crippen LogP contribution is 2.25. The molecule has 0 aliphatic carbocycles. The molecule has 1 aromatic carbocycles. The Labute approximate surface area is 101 Å². The van der Waals surface area contributed by atoms with Gasteiger partial charge in [0.15, 0.2) is 0 Å². The van der Waals surface area contributed by atoms with Crippen LogP contribution in [0.3, 0.4) is 0 Å². The van der Waals surface area contributed by atoms with E-state index in [0.29, 0.717) is 6.54 Å². The van der Waals surface area contributed by atoms with E-state index in [1.807, 2.05) is 18.2 Å². The van der Waals surface area contributed by atoms with Crippen molar-refractivity contribution in [3.63, 3.8) is 0 Å². The van der Waals surface area contributed by atoms with E-state index in [1.165, 1.54) is 11.1 Å². The Balaban J connectivity index is 2.31. The molecule has 0 fully saturated rings. The minimum absolute atomic E-state index is 0.425. The van der Waals surface area contributed by atoms with E-state index in [0.717, 1.165) is 17.1 Å². The summed E-state index contributed by atoms with van der Waals surface area (Å²) >= 11 is 0. The molecular weight excluding hydrogens is 212 g/mol. The molecule has 88 valence electrons. The molecule has 0 unspecified atom stereocenters. The minimum atomic E-state index is 0.425. The van der Waals surface area contributed by atoms with Gasteiger partial charge in [-0.05, 0) is 43.2 Å². The van der Waals surface area contributed by atoms with Crippen LogP contribution in [0.25, 0.3) is 0 Å². The summed E-state index contributed by atoms with van der Waals surface area (Å²) in [4.78, 5) is 4.03. The molecule has 0 atom stereocenters. The average Bonchev–Trinajstić information content (AvgIpc) is 2.28. The van der Waals surface area contributed by atoms with Crippen molar-refractivity contribution in [1.82, 2.24) is 4.98 Å². The quantitative estimate of drug-likeness (QED) is 0.878. The maximum Gasteiger partial charge on any atom is 0.134 e. The van der Waals surface area contributed by atoms with E-state index in [9.17, 15) is 0 Å². The molecular formula is C14H16N2O. The van der Waals surface area contributed by atoms with E-state index in [4.69, 9.17) is 10.5 Å². The van der Waals surface area contributed by atoms with Gasteiger partial charge in [0.05, 0.1) is 0 Å². The first-order valence-corrected chi connectivity index (χ1v) is 5.58. The third-order valence-electron chi connectivity index (χ3n) is 2.50. The number of aryl methyl sites for hydroxylation is 2. The van der Waals surface area contributed by atoms with Crippen molar-refractivity contribution < 1.29 is 4.74 Å². The number of aromatic nitrogens is 1. The lowest BCUT2D eigenvalue weighted by molar-refractivity contribution is 0.474. The third kappa shape index (κ3) is 2.82. The monoisotopic (exact) mass is 228 g/mol. The number of nitrogens with two attached hydrogens (primary N) is 1. The summed E-state index contributed by atoms with van der Waals surface area (Å²) in [5.74, 6) is 1.61. The highest BCUT2D eigenvalue weighted by Gasteiger charge is 2.04. The molecule has 2 N–H and O–H groups in total. The maximum atomic E-state index is 5.84. The number of hydrogen-bond acceptors (Lipinski definition) is 3. The normalized spacial score (nSPS) is 10.3. The van der Waals surface area contributed by atoms with E-state index in [-0.39, 0.29) is 0 Å². The summed E-state index contributed by atoms with van der Waals surface area (Å²) in [6.07, 6.45) is 3.44. The fraction of sp³-hybridized carbons (Fsp3) is 0.214. The van der Waals surface area contributed by atoms with Crippen molar-refractivity contribution in [3.8, 4) is 11.5 Å². The van der Waals surface area contributed by atoms with Crippen LogP contribution in [0.5, 0.6) is 11.5 Å². The number of nitrogens with zero attached hydrogens (tertiary/aromatic N) is 1. The number of ether oxygens (including phenoxy) is 1. The standard InChI is InChI=1S/C14H16N2O/c1-10-5-11(2)7-13(6-10)17-14-3-4-16-9-12(14)8-15/h3-7,9H,8,15H2,1-2H3. The highest BCUT2D eigenvalue weighted by atomic mass is 16.5. The molecule has 0 radical (unpaired) electrons. The summed E-state index contributed by atoms with van der Waals surface area (Å²) < 4.78 is 5.84. The molecule has 0 aliphatic rings. The smallest absolute Gasteiger partial charge is 0.134 e. The van der Waals surface area contributed by atoms with Gasteiger partial charge < -0.3 is 10.5 Å². The van der Waals surface area contributed by atoms with Gasteiger partial charge >= 0.3 is 0 Å². The van der Waals surface area contributed by atoms with E-state index < -0.39 is 0 Å². The first-order chi connectivity index (χ1) is 8.19. The van der Waals surface area contributed by atoms with Crippen LogP contribution in [0.4, 0.5) is 0 Å². The molecule has 3 heteroatoms. The lowest BCUT2D eigenvalue weighted by Gasteiger charge is -2.10. The Hall–Kier alpha value is -1.87. The molecule has 2 rings (SSSR count). The number of hydrogen-bond donors (Lipinski definition) is 1. The zero-order valence-corrected chi connectivity index (χ0v) is 10.1. The second kappa shape index (κ2) is 4.97. The predicted octanol–water partition coefficient (Wildman–Crippen LogP) is 2.95. The van der Waals surface area contributed by atoms with E-state index in [2.05, 4.69) is 24.9 Å². The van der Waals surface area contributed by atoms with Crippen molar-refractivity contribution >= 4 is 0 Å². The van der Waals surface area contributed by atoms with E-state index in [1.54, 1.807) is 12.4 Å². The Bertz CT molecular complexity index is 503. The van der Waals surface area contributed by atoms with Crippen LogP contribution in [0.1, 0.15) is 16.7 Å².